The predicted molar refractivity (Wildman–Crippen MR) is 36.9 cm³/mol. The van der Waals surface area contributed by atoms with Gasteiger partial charge in [0.1, 0.15) is 0 Å². The van der Waals surface area contributed by atoms with Gasteiger partial charge >= 0.3 is 0 Å². The quantitative estimate of drug-likeness (QED) is 0.463. The van der Waals surface area contributed by atoms with Gasteiger partial charge in [-0.1, -0.05) is 5.16 Å². The highest BCUT2D eigenvalue weighted by molar-refractivity contribution is 7.03. The Balaban J connectivity index is 2.48. The molecule has 0 saturated carbocycles. The summed E-state index contributed by atoms with van der Waals surface area (Å²) in [6.45, 7) is 1.78. The fourth-order valence-corrected chi connectivity index (χ4v) is 0.791. The first kappa shape index (κ1) is 6.22. The highest BCUT2D eigenvalue weighted by Crippen LogP contribution is 2.07. The van der Waals surface area contributed by atoms with Crippen LogP contribution in [0.2, 0.25) is 0 Å². The van der Waals surface area contributed by atoms with Gasteiger partial charge in [-0.3, -0.25) is 0 Å². The third-order valence-electron chi connectivity index (χ3n) is 0.666. The molecule has 0 unspecified atom stereocenters. The van der Waals surface area contributed by atoms with Crippen molar-refractivity contribution in [3.05, 3.63) is 11.4 Å². The van der Waals surface area contributed by atoms with Crippen LogP contribution in [0.4, 0.5) is 0 Å². The van der Waals surface area contributed by atoms with E-state index in [1.54, 1.807) is 19.2 Å². The van der Waals surface area contributed by atoms with Crippen molar-refractivity contribution in [2.24, 2.45) is 5.16 Å². The summed E-state index contributed by atoms with van der Waals surface area (Å²) in [4.78, 5) is 4.76. The summed E-state index contributed by atoms with van der Waals surface area (Å²) in [5.74, 6) is 0.554. The summed E-state index contributed by atoms with van der Waals surface area (Å²) in [7, 11) is 0. The van der Waals surface area contributed by atoms with E-state index in [1.165, 1.54) is 11.5 Å². The minimum Gasteiger partial charge on any atom is -0.336 e. The van der Waals surface area contributed by atoms with Gasteiger partial charge in [0.25, 0.3) is 5.88 Å². The molecular weight excluding hydrogens is 136 g/mol. The molecule has 0 aliphatic heterocycles. The van der Waals surface area contributed by atoms with Gasteiger partial charge in [0.15, 0.2) is 0 Å². The van der Waals surface area contributed by atoms with Crippen molar-refractivity contribution in [2.75, 3.05) is 0 Å². The molecule has 4 heteroatoms. The van der Waals surface area contributed by atoms with E-state index in [9.17, 15) is 0 Å². The van der Waals surface area contributed by atoms with Gasteiger partial charge in [-0.05, 0) is 18.5 Å². The molecule has 0 saturated heterocycles. The molecule has 0 aliphatic rings. The molecule has 1 rings (SSSR count). The first-order valence-corrected chi connectivity index (χ1v) is 3.32. The van der Waals surface area contributed by atoms with Crippen molar-refractivity contribution in [2.45, 2.75) is 6.92 Å². The number of hydrogen-bond acceptors (Lipinski definition) is 4. The Bertz CT molecular complexity index is 183. The van der Waals surface area contributed by atoms with E-state index < -0.39 is 0 Å². The summed E-state index contributed by atoms with van der Waals surface area (Å²) in [6, 6.07) is 1.76. The molecular formula is C5H6N2OS. The van der Waals surface area contributed by atoms with E-state index in [2.05, 4.69) is 9.53 Å². The highest BCUT2D eigenvalue weighted by atomic mass is 32.1. The van der Waals surface area contributed by atoms with E-state index >= 15 is 0 Å². The topological polar surface area (TPSA) is 34.5 Å². The van der Waals surface area contributed by atoms with E-state index in [4.69, 9.17) is 4.84 Å². The molecule has 0 N–H and O–H groups in total. The Morgan fingerprint density at radius 3 is 3.33 bits per heavy atom. The fraction of sp³-hybridized carbons (Fsp3) is 0.200. The SMILES string of the molecule is CC=NOc1ccsn1. The molecule has 0 aromatic carbocycles. The highest BCUT2D eigenvalue weighted by Gasteiger charge is 1.89. The largest absolute Gasteiger partial charge is 0.336 e. The van der Waals surface area contributed by atoms with E-state index in [0.717, 1.165) is 0 Å². The standard InChI is InChI=1S/C5H6N2OS/c1-2-6-8-5-3-4-9-7-5/h2-4H,1H3. The average Bonchev–Trinajstić information content (AvgIpc) is 2.34. The number of hydrogen-bond donors (Lipinski definition) is 0. The molecule has 1 heterocycles. The number of oxime groups is 1. The summed E-state index contributed by atoms with van der Waals surface area (Å²) in [5, 5.41) is 5.37. The van der Waals surface area contributed by atoms with Crippen molar-refractivity contribution in [1.82, 2.24) is 4.37 Å². The Morgan fingerprint density at radius 1 is 1.89 bits per heavy atom. The van der Waals surface area contributed by atoms with Crippen LogP contribution >= 0.6 is 11.5 Å². The maximum Gasteiger partial charge on any atom is 0.260 e. The monoisotopic (exact) mass is 142 g/mol. The predicted octanol–water partition coefficient (Wildman–Crippen LogP) is 1.53. The van der Waals surface area contributed by atoms with Crippen LogP contribution < -0.4 is 4.84 Å². The maximum atomic E-state index is 4.76. The van der Waals surface area contributed by atoms with Crippen LogP contribution in [0.15, 0.2) is 16.6 Å². The zero-order valence-electron chi connectivity index (χ0n) is 4.94. The Labute approximate surface area is 57.1 Å². The summed E-state index contributed by atoms with van der Waals surface area (Å²) in [6.07, 6.45) is 1.57. The molecule has 0 spiro atoms. The van der Waals surface area contributed by atoms with Crippen LogP contribution in [0, 0.1) is 0 Å². The third-order valence-corrected chi connectivity index (χ3v) is 1.21. The van der Waals surface area contributed by atoms with E-state index in [1.807, 2.05) is 5.38 Å². The number of rotatable bonds is 2. The van der Waals surface area contributed by atoms with Gasteiger partial charge in [0, 0.05) is 17.7 Å². The third kappa shape index (κ3) is 1.81. The first-order valence-electron chi connectivity index (χ1n) is 2.49. The molecule has 0 amide bonds. The van der Waals surface area contributed by atoms with Crippen LogP contribution in [0.5, 0.6) is 5.88 Å². The van der Waals surface area contributed by atoms with Crippen molar-refractivity contribution >= 4 is 17.7 Å². The van der Waals surface area contributed by atoms with Crippen LogP contribution in [0.1, 0.15) is 6.92 Å². The molecule has 1 aromatic rings. The molecule has 0 fully saturated rings. The van der Waals surface area contributed by atoms with Gasteiger partial charge < -0.3 is 4.84 Å². The zero-order chi connectivity index (χ0) is 6.53. The molecule has 1 aromatic heterocycles. The van der Waals surface area contributed by atoms with Crippen LogP contribution in [-0.2, 0) is 0 Å². The molecule has 0 atom stereocenters. The van der Waals surface area contributed by atoms with Crippen molar-refractivity contribution in [3.63, 3.8) is 0 Å². The second kappa shape index (κ2) is 3.19. The summed E-state index contributed by atoms with van der Waals surface area (Å²) >= 11 is 1.34. The van der Waals surface area contributed by atoms with Gasteiger partial charge in [0.2, 0.25) is 0 Å². The van der Waals surface area contributed by atoms with Crippen LogP contribution in [0.3, 0.4) is 0 Å². The van der Waals surface area contributed by atoms with Gasteiger partial charge in [-0.2, -0.15) is 4.37 Å². The minimum atomic E-state index is 0.554. The minimum absolute atomic E-state index is 0.554. The number of nitrogens with zero attached hydrogens (tertiary/aromatic N) is 2. The smallest absolute Gasteiger partial charge is 0.260 e. The molecule has 3 nitrogen and oxygen atoms in total. The Morgan fingerprint density at radius 2 is 2.78 bits per heavy atom. The number of aromatic nitrogens is 1. The molecule has 0 aliphatic carbocycles. The van der Waals surface area contributed by atoms with Crippen LogP contribution in [0.25, 0.3) is 0 Å². The van der Waals surface area contributed by atoms with Crippen LogP contribution in [-0.4, -0.2) is 10.6 Å². The maximum absolute atomic E-state index is 4.76. The van der Waals surface area contributed by atoms with E-state index in [0.29, 0.717) is 5.88 Å². The Kier molecular flexibility index (Phi) is 2.21. The van der Waals surface area contributed by atoms with Crippen molar-refractivity contribution in [3.8, 4) is 5.88 Å². The second-order valence-corrected chi connectivity index (χ2v) is 1.96. The van der Waals surface area contributed by atoms with Crippen molar-refractivity contribution in [1.29, 1.82) is 0 Å². The summed E-state index contributed by atoms with van der Waals surface area (Å²) in [5.41, 5.74) is 0. The summed E-state index contributed by atoms with van der Waals surface area (Å²) < 4.78 is 3.86. The Hall–Kier alpha value is -0.900. The molecule has 0 bridgehead atoms. The lowest BCUT2D eigenvalue weighted by molar-refractivity contribution is 0.333. The normalized spacial score (nSPS) is 10.3. The van der Waals surface area contributed by atoms with Gasteiger partial charge in [-0.25, -0.2) is 0 Å². The average molecular weight is 142 g/mol. The molecule has 9 heavy (non-hydrogen) atoms. The van der Waals surface area contributed by atoms with Crippen molar-refractivity contribution < 1.29 is 4.84 Å². The molecule has 0 radical (unpaired) electrons. The van der Waals surface area contributed by atoms with Gasteiger partial charge in [0.05, 0.1) is 0 Å². The molecule has 48 valence electrons. The lowest BCUT2D eigenvalue weighted by atomic mass is 10.7. The zero-order valence-corrected chi connectivity index (χ0v) is 5.76. The fourth-order valence-electron chi connectivity index (χ4n) is 0.355. The lowest BCUT2D eigenvalue weighted by Gasteiger charge is -1.86. The van der Waals surface area contributed by atoms with E-state index in [-0.39, 0.29) is 0 Å². The lowest BCUT2D eigenvalue weighted by Crippen LogP contribution is -1.80. The second-order valence-electron chi connectivity index (χ2n) is 1.29. The first-order chi connectivity index (χ1) is 4.43. The van der Waals surface area contributed by atoms with Gasteiger partial charge in [-0.15, -0.1) is 0 Å².